The van der Waals surface area contributed by atoms with Gasteiger partial charge in [-0.3, -0.25) is 4.79 Å². The fraction of sp³-hybridized carbons (Fsp3) is 0.870. The summed E-state index contributed by atoms with van der Waals surface area (Å²) in [4.78, 5) is 12.0. The van der Waals surface area contributed by atoms with Gasteiger partial charge < -0.3 is 9.47 Å². The average molecular weight is 359 g/mol. The van der Waals surface area contributed by atoms with Crippen molar-refractivity contribution < 1.29 is 14.3 Å². The SMILES string of the molecule is CC12CCC(=O)C=C1CCC1C2CCC2(C)C1CC[C@@H]2C1(C)OCCO1. The van der Waals surface area contributed by atoms with Crippen molar-refractivity contribution in [2.24, 2.45) is 34.5 Å². The second-order valence-electron chi connectivity index (χ2n) is 10.4. The van der Waals surface area contributed by atoms with Crippen molar-refractivity contribution in [2.75, 3.05) is 13.2 Å². The molecule has 0 aromatic rings. The summed E-state index contributed by atoms with van der Waals surface area (Å²) < 4.78 is 12.2. The molecule has 26 heavy (non-hydrogen) atoms. The van der Waals surface area contributed by atoms with Crippen molar-refractivity contribution >= 4 is 5.78 Å². The maximum absolute atomic E-state index is 12.0. The molecule has 4 fully saturated rings. The molecule has 0 N–H and O–H groups in total. The molecule has 5 rings (SSSR count). The lowest BCUT2D eigenvalue weighted by molar-refractivity contribution is -0.214. The zero-order valence-corrected chi connectivity index (χ0v) is 16.7. The Morgan fingerprint density at radius 3 is 2.46 bits per heavy atom. The molecule has 3 heteroatoms. The van der Waals surface area contributed by atoms with E-state index in [9.17, 15) is 4.79 Å². The zero-order valence-electron chi connectivity index (χ0n) is 16.7. The minimum atomic E-state index is -0.364. The number of fused-ring (bicyclic) bond motifs is 5. The third kappa shape index (κ3) is 2.22. The lowest BCUT2D eigenvalue weighted by atomic mass is 9.46. The standard InChI is InChI=1S/C23H34O3/c1-21-10-8-16(24)14-15(21)4-5-17-18-6-7-20(23(3)25-12-13-26-23)22(18,2)11-9-19(17)21/h14,17-20H,4-13H2,1-3H3/t17?,18?,19?,20-,21?,22?/m0/s1. The highest BCUT2D eigenvalue weighted by Crippen LogP contribution is 2.68. The molecular formula is C23H34O3. The van der Waals surface area contributed by atoms with Gasteiger partial charge in [0, 0.05) is 12.3 Å². The van der Waals surface area contributed by atoms with Crippen molar-refractivity contribution in [3.63, 3.8) is 0 Å². The van der Waals surface area contributed by atoms with Crippen molar-refractivity contribution in [3.05, 3.63) is 11.6 Å². The van der Waals surface area contributed by atoms with E-state index in [1.54, 1.807) is 0 Å². The monoisotopic (exact) mass is 358 g/mol. The summed E-state index contributed by atoms with van der Waals surface area (Å²) in [5.41, 5.74) is 2.10. The van der Waals surface area contributed by atoms with Gasteiger partial charge in [-0.25, -0.2) is 0 Å². The normalized spacial score (nSPS) is 50.0. The Kier molecular flexibility index (Phi) is 3.80. The number of carbonyl (C=O) groups is 1. The molecular weight excluding hydrogens is 324 g/mol. The van der Waals surface area contributed by atoms with Gasteiger partial charge in [-0.15, -0.1) is 0 Å². The van der Waals surface area contributed by atoms with Crippen LogP contribution in [0, 0.1) is 34.5 Å². The first-order valence-corrected chi connectivity index (χ1v) is 10.9. The van der Waals surface area contributed by atoms with Gasteiger partial charge in [0.1, 0.15) is 0 Å². The molecule has 1 heterocycles. The van der Waals surface area contributed by atoms with Gasteiger partial charge in [0.15, 0.2) is 11.6 Å². The summed E-state index contributed by atoms with van der Waals surface area (Å²) in [5.74, 6) is 2.91. The summed E-state index contributed by atoms with van der Waals surface area (Å²) in [6, 6.07) is 0. The van der Waals surface area contributed by atoms with Crippen molar-refractivity contribution in [3.8, 4) is 0 Å². The average Bonchev–Trinajstić information content (AvgIpc) is 3.19. The van der Waals surface area contributed by atoms with E-state index in [1.165, 1.54) is 37.7 Å². The van der Waals surface area contributed by atoms with E-state index in [4.69, 9.17) is 9.47 Å². The van der Waals surface area contributed by atoms with Crippen LogP contribution in [0.3, 0.4) is 0 Å². The third-order valence-corrected chi connectivity index (χ3v) is 9.46. The van der Waals surface area contributed by atoms with E-state index in [2.05, 4.69) is 20.8 Å². The van der Waals surface area contributed by atoms with Crippen LogP contribution in [-0.4, -0.2) is 24.8 Å². The van der Waals surface area contributed by atoms with Crippen LogP contribution in [0.5, 0.6) is 0 Å². The maximum atomic E-state index is 12.0. The van der Waals surface area contributed by atoms with Crippen molar-refractivity contribution in [1.82, 2.24) is 0 Å². The Balaban J connectivity index is 1.45. The molecule has 5 unspecified atom stereocenters. The number of hydrogen-bond acceptors (Lipinski definition) is 3. The van der Waals surface area contributed by atoms with Crippen molar-refractivity contribution in [1.29, 1.82) is 0 Å². The lowest BCUT2D eigenvalue weighted by Crippen LogP contribution is -2.53. The third-order valence-electron chi connectivity index (χ3n) is 9.46. The summed E-state index contributed by atoms with van der Waals surface area (Å²) in [5, 5.41) is 0. The number of hydrogen-bond donors (Lipinski definition) is 0. The quantitative estimate of drug-likeness (QED) is 0.669. The molecule has 1 aliphatic heterocycles. The van der Waals surface area contributed by atoms with Gasteiger partial charge in [0.25, 0.3) is 0 Å². The van der Waals surface area contributed by atoms with Crippen LogP contribution < -0.4 is 0 Å². The van der Waals surface area contributed by atoms with Crippen LogP contribution >= 0.6 is 0 Å². The highest BCUT2D eigenvalue weighted by molar-refractivity contribution is 5.91. The van der Waals surface area contributed by atoms with E-state index >= 15 is 0 Å². The van der Waals surface area contributed by atoms with Crippen LogP contribution in [0.25, 0.3) is 0 Å². The summed E-state index contributed by atoms with van der Waals surface area (Å²) in [6.07, 6.45) is 11.5. The van der Waals surface area contributed by atoms with Crippen LogP contribution in [-0.2, 0) is 14.3 Å². The summed E-state index contributed by atoms with van der Waals surface area (Å²) >= 11 is 0. The largest absolute Gasteiger partial charge is 0.348 e. The molecule has 6 atom stereocenters. The highest BCUT2D eigenvalue weighted by Gasteiger charge is 2.63. The Morgan fingerprint density at radius 1 is 0.923 bits per heavy atom. The highest BCUT2D eigenvalue weighted by atomic mass is 16.7. The predicted molar refractivity (Wildman–Crippen MR) is 101 cm³/mol. The van der Waals surface area contributed by atoms with Crippen LogP contribution in [0.2, 0.25) is 0 Å². The molecule has 0 aromatic carbocycles. The Morgan fingerprint density at radius 2 is 1.69 bits per heavy atom. The first-order valence-electron chi connectivity index (χ1n) is 10.9. The fourth-order valence-corrected chi connectivity index (χ4v) is 8.15. The minimum absolute atomic E-state index is 0.278. The minimum Gasteiger partial charge on any atom is -0.348 e. The number of allylic oxidation sites excluding steroid dienone is 1. The molecule has 3 nitrogen and oxygen atoms in total. The lowest BCUT2D eigenvalue weighted by Gasteiger charge is -2.58. The van der Waals surface area contributed by atoms with Crippen LogP contribution in [0.1, 0.15) is 72.1 Å². The molecule has 0 bridgehead atoms. The second kappa shape index (κ2) is 5.67. The number of ether oxygens (including phenoxy) is 2. The summed E-state index contributed by atoms with van der Waals surface area (Å²) in [7, 11) is 0. The fourth-order valence-electron chi connectivity index (χ4n) is 8.15. The number of rotatable bonds is 1. The van der Waals surface area contributed by atoms with Gasteiger partial charge in [-0.2, -0.15) is 0 Å². The van der Waals surface area contributed by atoms with E-state index < -0.39 is 0 Å². The molecule has 144 valence electrons. The van der Waals surface area contributed by atoms with Crippen molar-refractivity contribution in [2.45, 2.75) is 77.9 Å². The van der Waals surface area contributed by atoms with Crippen LogP contribution in [0.15, 0.2) is 11.6 Å². The molecule has 5 aliphatic rings. The smallest absolute Gasteiger partial charge is 0.169 e. The molecule has 0 aromatic heterocycles. The van der Waals surface area contributed by atoms with Gasteiger partial charge in [-0.05, 0) is 86.5 Å². The number of ketones is 1. The topological polar surface area (TPSA) is 35.5 Å². The Labute approximate surface area is 157 Å². The van der Waals surface area contributed by atoms with Gasteiger partial charge >= 0.3 is 0 Å². The molecule has 4 aliphatic carbocycles. The molecule has 1 saturated heterocycles. The zero-order chi connectivity index (χ0) is 18.2. The van der Waals surface area contributed by atoms with E-state index in [1.807, 2.05) is 6.08 Å². The predicted octanol–water partition coefficient (Wildman–Crippen LogP) is 4.90. The van der Waals surface area contributed by atoms with Gasteiger partial charge in [-0.1, -0.05) is 19.4 Å². The molecule has 0 amide bonds. The number of carbonyl (C=O) groups excluding carboxylic acids is 1. The first-order chi connectivity index (χ1) is 12.4. The molecule has 3 saturated carbocycles. The molecule has 0 spiro atoms. The molecule has 0 radical (unpaired) electrons. The Hall–Kier alpha value is -0.670. The van der Waals surface area contributed by atoms with E-state index in [0.29, 0.717) is 17.1 Å². The second-order valence-corrected chi connectivity index (χ2v) is 10.4. The van der Waals surface area contributed by atoms with E-state index in [0.717, 1.165) is 50.2 Å². The van der Waals surface area contributed by atoms with Crippen LogP contribution in [0.4, 0.5) is 0 Å². The first kappa shape index (κ1) is 17.4. The maximum Gasteiger partial charge on any atom is 0.169 e. The summed E-state index contributed by atoms with van der Waals surface area (Å²) in [6.45, 7) is 8.71. The van der Waals surface area contributed by atoms with Gasteiger partial charge in [0.05, 0.1) is 13.2 Å². The van der Waals surface area contributed by atoms with Gasteiger partial charge in [0.2, 0.25) is 0 Å². The van der Waals surface area contributed by atoms with E-state index in [-0.39, 0.29) is 11.2 Å². The Bertz CT molecular complexity index is 646.